The molecule has 2 heterocycles. The first kappa shape index (κ1) is 12.5. The van der Waals surface area contributed by atoms with Crippen LogP contribution in [0.5, 0.6) is 0 Å². The van der Waals surface area contributed by atoms with Crippen LogP contribution in [0.15, 0.2) is 8.47 Å². The molecule has 0 bridgehead atoms. The van der Waals surface area contributed by atoms with Crippen LogP contribution in [0.25, 0.3) is 0 Å². The quantitative estimate of drug-likeness (QED) is 0.623. The Morgan fingerprint density at radius 1 is 0.571 bits per heavy atom. The number of hydrogen-bond acceptors (Lipinski definition) is 4. The second-order valence-corrected chi connectivity index (χ2v) is 33.8. The zero-order valence-electron chi connectivity index (χ0n) is 8.63. The Balaban J connectivity index is 2.11. The van der Waals surface area contributed by atoms with Crippen LogP contribution in [-0.4, -0.2) is 29.9 Å². The normalized spacial score (nSPS) is 28.3. The average Bonchev–Trinajstić information content (AvgIpc) is 2.60. The van der Waals surface area contributed by atoms with E-state index in [1.807, 2.05) is 0 Å². The molecule has 0 N–H and O–H groups in total. The second-order valence-electron chi connectivity index (χ2n) is 3.21. The predicted molar refractivity (Wildman–Crippen MR) is 83.9 cm³/mol. The topological polar surface area (TPSA) is 0 Å². The number of hydrogen-bond donors (Lipinski definition) is 0. The van der Waals surface area contributed by atoms with Gasteiger partial charge in [-0.1, -0.05) is 26.2 Å². The van der Waals surface area contributed by atoms with Crippen molar-refractivity contribution in [3.63, 3.8) is 0 Å². The van der Waals surface area contributed by atoms with Gasteiger partial charge < -0.3 is 0 Å². The minimum atomic E-state index is -0.0346. The van der Waals surface area contributed by atoms with Crippen molar-refractivity contribution in [2.24, 2.45) is 0 Å². The van der Waals surface area contributed by atoms with E-state index in [1.54, 1.807) is 8.47 Å². The lowest BCUT2D eigenvalue weighted by Gasteiger charge is -2.01. The highest BCUT2D eigenvalue weighted by molar-refractivity contribution is 8.64. The smallest absolute Gasteiger partial charge is 0.127 e. The maximum absolute atomic E-state index is 2.50. The van der Waals surface area contributed by atoms with Crippen molar-refractivity contribution in [2.45, 2.75) is 26.2 Å². The molecule has 4 radical (unpaired) electrons. The highest BCUT2D eigenvalue weighted by Gasteiger charge is 2.36. The molecular formula is C6H12S4Si4. The van der Waals surface area contributed by atoms with E-state index in [0.29, 0.717) is 0 Å². The van der Waals surface area contributed by atoms with Gasteiger partial charge in [-0.3, -0.25) is 0 Å². The molecule has 14 heavy (non-hydrogen) atoms. The third-order valence-corrected chi connectivity index (χ3v) is 39.3. The van der Waals surface area contributed by atoms with Gasteiger partial charge in [0, 0.05) is 8.47 Å². The maximum Gasteiger partial charge on any atom is 0.127 e. The Bertz CT molecular complexity index is 221. The van der Waals surface area contributed by atoms with Crippen LogP contribution in [0.1, 0.15) is 0 Å². The van der Waals surface area contributed by atoms with Crippen molar-refractivity contribution in [1.29, 1.82) is 0 Å². The molecule has 0 nitrogen and oxygen atoms in total. The summed E-state index contributed by atoms with van der Waals surface area (Å²) in [4.78, 5) is 0. The molecule has 0 unspecified atom stereocenters. The molecule has 0 aliphatic carbocycles. The Morgan fingerprint density at radius 3 is 1.00 bits per heavy atom. The van der Waals surface area contributed by atoms with Crippen LogP contribution < -0.4 is 0 Å². The van der Waals surface area contributed by atoms with Gasteiger partial charge in [0.25, 0.3) is 0 Å². The summed E-state index contributed by atoms with van der Waals surface area (Å²) in [7, 11) is -0.139. The molecule has 0 aromatic carbocycles. The van der Waals surface area contributed by atoms with Gasteiger partial charge in [-0.2, -0.15) is 0 Å². The molecule has 0 spiro atoms. The summed E-state index contributed by atoms with van der Waals surface area (Å²) in [6, 6.07) is 0. The minimum Gasteiger partial charge on any atom is -0.148 e. The Labute approximate surface area is 108 Å². The second kappa shape index (κ2) is 5.11. The fourth-order valence-corrected chi connectivity index (χ4v) is 36.0. The molecule has 2 saturated heterocycles. The van der Waals surface area contributed by atoms with E-state index in [-0.39, 0.29) is 29.9 Å². The standard InChI is InChI=1S/C6H12S4Si4/c1-11-7-5(8-12(11)2)6-9-13(3)14(4)10-6/h1-4H3. The van der Waals surface area contributed by atoms with Crippen molar-refractivity contribution in [2.75, 3.05) is 0 Å². The molecule has 2 aliphatic rings. The monoisotopic (exact) mass is 324 g/mol. The van der Waals surface area contributed by atoms with E-state index in [4.69, 9.17) is 0 Å². The molecule has 0 aromatic rings. The summed E-state index contributed by atoms with van der Waals surface area (Å²) >= 11 is 9.02. The van der Waals surface area contributed by atoms with E-state index in [9.17, 15) is 0 Å². The lowest BCUT2D eigenvalue weighted by atomic mass is 11.2. The molecule has 2 rings (SSSR count). The molecule has 8 heteroatoms. The SMILES string of the molecule is C[Si]1SC(=C2S[Si](C)[Si](C)S2)S[Si]1C. The van der Waals surface area contributed by atoms with Crippen LogP contribution in [0.4, 0.5) is 0 Å². The van der Waals surface area contributed by atoms with Crippen LogP contribution >= 0.6 is 44.8 Å². The van der Waals surface area contributed by atoms with E-state index >= 15 is 0 Å². The lowest BCUT2D eigenvalue weighted by Crippen LogP contribution is -2.16. The average molecular weight is 325 g/mol. The molecule has 2 fully saturated rings. The fourth-order valence-electron chi connectivity index (χ4n) is 1.05. The van der Waals surface area contributed by atoms with E-state index < -0.39 is 0 Å². The molecule has 0 aromatic heterocycles. The summed E-state index contributed by atoms with van der Waals surface area (Å²) in [6.07, 6.45) is 0. The lowest BCUT2D eigenvalue weighted by molar-refractivity contribution is 2.26. The van der Waals surface area contributed by atoms with E-state index in [2.05, 4.69) is 71.0 Å². The zero-order chi connectivity index (χ0) is 10.3. The first-order valence-corrected chi connectivity index (χ1v) is 20.5. The van der Waals surface area contributed by atoms with Crippen LogP contribution in [0, 0.1) is 0 Å². The third-order valence-electron chi connectivity index (χ3n) is 2.14. The van der Waals surface area contributed by atoms with Crippen molar-refractivity contribution in [1.82, 2.24) is 0 Å². The van der Waals surface area contributed by atoms with Gasteiger partial charge in [0.1, 0.15) is 29.9 Å². The van der Waals surface area contributed by atoms with Crippen LogP contribution in [0.2, 0.25) is 26.2 Å². The van der Waals surface area contributed by atoms with E-state index in [1.165, 1.54) is 0 Å². The molecule has 2 aliphatic heterocycles. The highest BCUT2D eigenvalue weighted by atomic mass is 32.5. The molecule has 0 amide bonds. The Morgan fingerprint density at radius 2 is 0.786 bits per heavy atom. The predicted octanol–water partition coefficient (Wildman–Crippen LogP) is 3.72. The van der Waals surface area contributed by atoms with E-state index in [0.717, 1.165) is 0 Å². The molecule has 0 atom stereocenters. The van der Waals surface area contributed by atoms with Crippen molar-refractivity contribution < 1.29 is 0 Å². The first-order valence-electron chi connectivity index (χ1n) is 4.38. The Hall–Kier alpha value is 2.01. The van der Waals surface area contributed by atoms with Gasteiger partial charge in [0.15, 0.2) is 0 Å². The van der Waals surface area contributed by atoms with Gasteiger partial charge in [-0.05, 0) is 0 Å². The Kier molecular flexibility index (Phi) is 4.55. The fraction of sp³-hybridized carbons (Fsp3) is 0.667. The van der Waals surface area contributed by atoms with Crippen LogP contribution in [0.3, 0.4) is 0 Å². The highest BCUT2D eigenvalue weighted by Crippen LogP contribution is 2.54. The minimum absolute atomic E-state index is 0.0346. The first-order chi connectivity index (χ1) is 6.58. The summed E-state index contributed by atoms with van der Waals surface area (Å²) in [5.41, 5.74) is 0. The van der Waals surface area contributed by atoms with Gasteiger partial charge in [0.2, 0.25) is 0 Å². The molecule has 76 valence electrons. The summed E-state index contributed by atoms with van der Waals surface area (Å²) in [5.74, 6) is 0. The van der Waals surface area contributed by atoms with Gasteiger partial charge in [-0.25, -0.2) is 0 Å². The maximum atomic E-state index is 2.50. The van der Waals surface area contributed by atoms with Gasteiger partial charge in [-0.15, -0.1) is 44.8 Å². The molecular weight excluding hydrogens is 313 g/mol. The van der Waals surface area contributed by atoms with Crippen LogP contribution in [-0.2, 0) is 0 Å². The summed E-state index contributed by atoms with van der Waals surface area (Å²) in [5, 5.41) is 0. The van der Waals surface area contributed by atoms with Crippen molar-refractivity contribution in [3.05, 3.63) is 8.47 Å². The van der Waals surface area contributed by atoms with Gasteiger partial charge in [0.05, 0.1) is 0 Å². The zero-order valence-corrected chi connectivity index (χ0v) is 15.9. The molecule has 0 saturated carbocycles. The summed E-state index contributed by atoms with van der Waals surface area (Å²) < 4.78 is 3.47. The largest absolute Gasteiger partial charge is 0.148 e. The third kappa shape index (κ3) is 2.63. The van der Waals surface area contributed by atoms with Crippen molar-refractivity contribution >= 4 is 74.7 Å². The van der Waals surface area contributed by atoms with Crippen molar-refractivity contribution in [3.8, 4) is 0 Å². The van der Waals surface area contributed by atoms with Gasteiger partial charge >= 0.3 is 0 Å². The summed E-state index contributed by atoms with van der Waals surface area (Å²) in [6.45, 7) is 10.0. The number of rotatable bonds is 0.